The Balaban J connectivity index is 2.18. The van der Waals surface area contributed by atoms with Crippen molar-refractivity contribution in [1.29, 1.82) is 0 Å². The Kier molecular flexibility index (Phi) is 5.77. The molecule has 1 heterocycles. The van der Waals surface area contributed by atoms with Crippen LogP contribution in [0.15, 0.2) is 6.20 Å². The van der Waals surface area contributed by atoms with E-state index in [9.17, 15) is 0 Å². The van der Waals surface area contributed by atoms with Gasteiger partial charge in [0.25, 0.3) is 0 Å². The van der Waals surface area contributed by atoms with Crippen LogP contribution in [0.4, 0.5) is 5.82 Å². The lowest BCUT2D eigenvalue weighted by atomic mass is 10.1. The maximum Gasteiger partial charge on any atom is 0.147 e. The molecule has 0 atom stereocenters. The van der Waals surface area contributed by atoms with E-state index in [1.165, 1.54) is 38.5 Å². The number of nitrogens with two attached hydrogens (primary N) is 1. The van der Waals surface area contributed by atoms with Crippen LogP contribution in [0, 0.1) is 13.8 Å². The van der Waals surface area contributed by atoms with Crippen molar-refractivity contribution in [3.05, 3.63) is 17.6 Å². The van der Waals surface area contributed by atoms with Crippen LogP contribution in [-0.2, 0) is 0 Å². The molecule has 0 radical (unpaired) electrons. The summed E-state index contributed by atoms with van der Waals surface area (Å²) in [5, 5.41) is 0. The molecule has 1 aromatic heterocycles. The Morgan fingerprint density at radius 2 is 1.85 bits per heavy atom. The Morgan fingerprint density at radius 3 is 2.45 bits per heavy atom. The van der Waals surface area contributed by atoms with Gasteiger partial charge in [-0.3, -0.25) is 4.98 Å². The number of aryl methyl sites for hydroxylation is 2. The Morgan fingerprint density at radius 1 is 1.15 bits per heavy atom. The minimum atomic E-state index is 0.612. The minimum absolute atomic E-state index is 0.612. The summed E-state index contributed by atoms with van der Waals surface area (Å²) in [6, 6.07) is 0.612. The monoisotopic (exact) mass is 276 g/mol. The van der Waals surface area contributed by atoms with Crippen molar-refractivity contribution in [2.24, 2.45) is 5.73 Å². The molecule has 1 aliphatic carbocycles. The topological polar surface area (TPSA) is 55.0 Å². The van der Waals surface area contributed by atoms with Gasteiger partial charge in [-0.05, 0) is 39.7 Å². The second kappa shape index (κ2) is 7.58. The lowest BCUT2D eigenvalue weighted by molar-refractivity contribution is 0.514. The fourth-order valence-corrected chi connectivity index (χ4v) is 2.98. The van der Waals surface area contributed by atoms with E-state index in [2.05, 4.69) is 9.88 Å². The van der Waals surface area contributed by atoms with Crippen LogP contribution >= 0.6 is 0 Å². The normalized spacial score (nSPS) is 16.9. The second-order valence-electron chi connectivity index (χ2n) is 5.88. The summed E-state index contributed by atoms with van der Waals surface area (Å²) in [5.74, 6) is 1.04. The van der Waals surface area contributed by atoms with E-state index < -0.39 is 0 Å². The molecule has 1 fully saturated rings. The van der Waals surface area contributed by atoms with Gasteiger partial charge < -0.3 is 10.6 Å². The summed E-state index contributed by atoms with van der Waals surface area (Å²) in [4.78, 5) is 11.7. The van der Waals surface area contributed by atoms with Crippen molar-refractivity contribution in [1.82, 2.24) is 9.97 Å². The standard InChI is InChI=1S/C16H28N4/c1-13-14(2)19-16(12-18-13)20(11-7-10-17)15-8-5-3-4-6-9-15/h12,15H,3-11,17H2,1-2H3. The summed E-state index contributed by atoms with van der Waals surface area (Å²) in [6.07, 6.45) is 10.9. The van der Waals surface area contributed by atoms with Gasteiger partial charge in [-0.25, -0.2) is 4.98 Å². The van der Waals surface area contributed by atoms with Gasteiger partial charge in [-0.1, -0.05) is 25.7 Å². The van der Waals surface area contributed by atoms with Gasteiger partial charge in [0.1, 0.15) is 5.82 Å². The molecule has 0 bridgehead atoms. The molecule has 1 aromatic rings. The lowest BCUT2D eigenvalue weighted by Gasteiger charge is -2.32. The SMILES string of the molecule is Cc1ncc(N(CCCN)C2CCCCCC2)nc1C. The average molecular weight is 276 g/mol. The molecule has 0 amide bonds. The summed E-state index contributed by atoms with van der Waals surface area (Å²) in [5.41, 5.74) is 7.76. The van der Waals surface area contributed by atoms with Crippen LogP contribution in [0.1, 0.15) is 56.3 Å². The molecule has 4 heteroatoms. The highest BCUT2D eigenvalue weighted by Gasteiger charge is 2.21. The van der Waals surface area contributed by atoms with Gasteiger partial charge in [-0.15, -0.1) is 0 Å². The van der Waals surface area contributed by atoms with Crippen molar-refractivity contribution < 1.29 is 0 Å². The highest BCUT2D eigenvalue weighted by Crippen LogP contribution is 2.25. The molecule has 0 aromatic carbocycles. The number of anilines is 1. The Bertz CT molecular complexity index is 411. The van der Waals surface area contributed by atoms with E-state index >= 15 is 0 Å². The predicted molar refractivity (Wildman–Crippen MR) is 84.0 cm³/mol. The molecular formula is C16H28N4. The number of hydrogen-bond donors (Lipinski definition) is 1. The second-order valence-corrected chi connectivity index (χ2v) is 5.88. The van der Waals surface area contributed by atoms with Gasteiger partial charge in [0.15, 0.2) is 0 Å². The van der Waals surface area contributed by atoms with Gasteiger partial charge in [-0.2, -0.15) is 0 Å². The van der Waals surface area contributed by atoms with Crippen LogP contribution in [0.3, 0.4) is 0 Å². The van der Waals surface area contributed by atoms with E-state index in [1.54, 1.807) is 0 Å². The molecule has 1 saturated carbocycles. The maximum absolute atomic E-state index is 5.71. The Labute approximate surface area is 122 Å². The fraction of sp³-hybridized carbons (Fsp3) is 0.750. The van der Waals surface area contributed by atoms with Gasteiger partial charge >= 0.3 is 0 Å². The molecule has 2 N–H and O–H groups in total. The zero-order chi connectivity index (χ0) is 14.4. The summed E-state index contributed by atoms with van der Waals surface area (Å²) in [6.45, 7) is 5.79. The van der Waals surface area contributed by atoms with Gasteiger partial charge in [0.05, 0.1) is 17.6 Å². The quantitative estimate of drug-likeness (QED) is 0.840. The zero-order valence-electron chi connectivity index (χ0n) is 12.9. The van der Waals surface area contributed by atoms with Crippen LogP contribution in [0.2, 0.25) is 0 Å². The zero-order valence-corrected chi connectivity index (χ0v) is 12.9. The number of hydrogen-bond acceptors (Lipinski definition) is 4. The smallest absolute Gasteiger partial charge is 0.147 e. The number of nitrogens with zero attached hydrogens (tertiary/aromatic N) is 3. The van der Waals surface area contributed by atoms with Crippen molar-refractivity contribution in [3.63, 3.8) is 0 Å². The van der Waals surface area contributed by atoms with Crippen LogP contribution in [-0.4, -0.2) is 29.1 Å². The minimum Gasteiger partial charge on any atom is -0.352 e. The predicted octanol–water partition coefficient (Wildman–Crippen LogP) is 2.97. The number of aromatic nitrogens is 2. The van der Waals surface area contributed by atoms with Crippen molar-refractivity contribution in [2.45, 2.75) is 64.8 Å². The molecule has 1 aliphatic rings. The van der Waals surface area contributed by atoms with E-state index in [4.69, 9.17) is 10.7 Å². The Hall–Kier alpha value is -1.16. The first kappa shape index (κ1) is 15.2. The third-order valence-corrected chi connectivity index (χ3v) is 4.34. The van der Waals surface area contributed by atoms with E-state index in [1.807, 2.05) is 20.0 Å². The highest BCUT2D eigenvalue weighted by atomic mass is 15.2. The third-order valence-electron chi connectivity index (χ3n) is 4.34. The number of rotatable bonds is 5. The first-order chi connectivity index (χ1) is 9.72. The third kappa shape index (κ3) is 3.92. The van der Waals surface area contributed by atoms with E-state index in [0.717, 1.165) is 36.7 Å². The first-order valence-corrected chi connectivity index (χ1v) is 7.99. The first-order valence-electron chi connectivity index (χ1n) is 7.99. The van der Waals surface area contributed by atoms with E-state index in [-0.39, 0.29) is 0 Å². The molecule has 0 aliphatic heterocycles. The summed E-state index contributed by atoms with van der Waals surface area (Å²) < 4.78 is 0. The van der Waals surface area contributed by atoms with Gasteiger partial charge in [0.2, 0.25) is 0 Å². The van der Waals surface area contributed by atoms with Crippen LogP contribution in [0.25, 0.3) is 0 Å². The van der Waals surface area contributed by atoms with Crippen LogP contribution < -0.4 is 10.6 Å². The van der Waals surface area contributed by atoms with Crippen molar-refractivity contribution >= 4 is 5.82 Å². The van der Waals surface area contributed by atoms with Crippen LogP contribution in [0.5, 0.6) is 0 Å². The average Bonchev–Trinajstić information content (AvgIpc) is 2.72. The summed E-state index contributed by atoms with van der Waals surface area (Å²) in [7, 11) is 0. The molecule has 0 spiro atoms. The van der Waals surface area contributed by atoms with Gasteiger partial charge in [0, 0.05) is 12.6 Å². The largest absolute Gasteiger partial charge is 0.352 e. The molecule has 112 valence electrons. The fourth-order valence-electron chi connectivity index (χ4n) is 2.98. The summed E-state index contributed by atoms with van der Waals surface area (Å²) >= 11 is 0. The van der Waals surface area contributed by atoms with E-state index in [0.29, 0.717) is 6.04 Å². The van der Waals surface area contributed by atoms with Crippen molar-refractivity contribution in [3.8, 4) is 0 Å². The molecule has 0 unspecified atom stereocenters. The highest BCUT2D eigenvalue weighted by molar-refractivity contribution is 5.39. The molecule has 20 heavy (non-hydrogen) atoms. The molecule has 4 nitrogen and oxygen atoms in total. The molecular weight excluding hydrogens is 248 g/mol. The maximum atomic E-state index is 5.71. The molecule has 0 saturated heterocycles. The van der Waals surface area contributed by atoms with Crippen molar-refractivity contribution in [2.75, 3.05) is 18.0 Å². The lowest BCUT2D eigenvalue weighted by Crippen LogP contribution is -2.37. The molecule has 2 rings (SSSR count).